The summed E-state index contributed by atoms with van der Waals surface area (Å²) in [6.07, 6.45) is 6.59. The molecule has 0 aliphatic heterocycles. The van der Waals surface area contributed by atoms with E-state index in [-0.39, 0.29) is 0 Å². The standard InChI is InChI=1S/C16H32N4/c1-7-14(8-2)16(19(5)6)11-17-13(4)15-10-18-20(9-3)12-15/h10,12-14,16-17H,7-9,11H2,1-6H3. The highest BCUT2D eigenvalue weighted by Gasteiger charge is 2.21. The molecular weight excluding hydrogens is 248 g/mol. The molecule has 1 heterocycles. The van der Waals surface area contributed by atoms with Crippen LogP contribution in [0.4, 0.5) is 0 Å². The van der Waals surface area contributed by atoms with E-state index in [0.717, 1.165) is 19.0 Å². The van der Waals surface area contributed by atoms with Crippen LogP contribution in [0.1, 0.15) is 52.1 Å². The van der Waals surface area contributed by atoms with Gasteiger partial charge in [-0.15, -0.1) is 0 Å². The van der Waals surface area contributed by atoms with Gasteiger partial charge in [0.05, 0.1) is 6.20 Å². The smallest absolute Gasteiger partial charge is 0.0537 e. The Morgan fingerprint density at radius 2 is 1.90 bits per heavy atom. The Morgan fingerprint density at radius 3 is 2.35 bits per heavy atom. The van der Waals surface area contributed by atoms with Crippen molar-refractivity contribution in [2.75, 3.05) is 20.6 Å². The molecule has 0 saturated carbocycles. The SMILES string of the molecule is CCC(CC)C(CNC(C)c1cnn(CC)c1)N(C)C. The van der Waals surface area contributed by atoms with E-state index in [1.807, 2.05) is 10.9 Å². The van der Waals surface area contributed by atoms with Crippen molar-refractivity contribution < 1.29 is 0 Å². The molecule has 0 aliphatic rings. The minimum atomic E-state index is 0.354. The Balaban J connectivity index is 2.58. The van der Waals surface area contributed by atoms with Crippen molar-refractivity contribution in [3.8, 4) is 0 Å². The highest BCUT2D eigenvalue weighted by atomic mass is 15.3. The topological polar surface area (TPSA) is 33.1 Å². The lowest BCUT2D eigenvalue weighted by Crippen LogP contribution is -2.43. The largest absolute Gasteiger partial charge is 0.309 e. The predicted octanol–water partition coefficient (Wildman–Crippen LogP) is 2.92. The zero-order chi connectivity index (χ0) is 15.1. The van der Waals surface area contributed by atoms with Gasteiger partial charge in [-0.05, 0) is 33.9 Å². The summed E-state index contributed by atoms with van der Waals surface area (Å²) < 4.78 is 1.98. The van der Waals surface area contributed by atoms with Gasteiger partial charge in [-0.1, -0.05) is 26.7 Å². The lowest BCUT2D eigenvalue weighted by molar-refractivity contribution is 0.190. The van der Waals surface area contributed by atoms with Gasteiger partial charge in [-0.25, -0.2) is 0 Å². The molecule has 1 N–H and O–H groups in total. The fourth-order valence-corrected chi connectivity index (χ4v) is 2.80. The van der Waals surface area contributed by atoms with Gasteiger partial charge in [0.25, 0.3) is 0 Å². The Labute approximate surface area is 124 Å². The van der Waals surface area contributed by atoms with Crippen LogP contribution < -0.4 is 5.32 Å². The van der Waals surface area contributed by atoms with E-state index in [4.69, 9.17) is 0 Å². The second kappa shape index (κ2) is 8.42. The van der Waals surface area contributed by atoms with Crippen molar-refractivity contribution in [1.29, 1.82) is 0 Å². The first-order valence-corrected chi connectivity index (χ1v) is 7.95. The summed E-state index contributed by atoms with van der Waals surface area (Å²) in [7, 11) is 4.37. The van der Waals surface area contributed by atoms with Crippen molar-refractivity contribution in [2.24, 2.45) is 5.92 Å². The number of hydrogen-bond acceptors (Lipinski definition) is 3. The number of hydrogen-bond donors (Lipinski definition) is 1. The first-order valence-electron chi connectivity index (χ1n) is 7.95. The fourth-order valence-electron chi connectivity index (χ4n) is 2.80. The Morgan fingerprint density at radius 1 is 1.25 bits per heavy atom. The molecule has 0 spiro atoms. The number of nitrogens with one attached hydrogen (secondary N) is 1. The minimum Gasteiger partial charge on any atom is -0.309 e. The first kappa shape index (κ1) is 17.2. The Kier molecular flexibility index (Phi) is 7.24. The zero-order valence-electron chi connectivity index (χ0n) is 14.1. The molecule has 1 rings (SSSR count). The minimum absolute atomic E-state index is 0.354. The number of rotatable bonds is 9. The van der Waals surface area contributed by atoms with Gasteiger partial charge in [0.1, 0.15) is 0 Å². The van der Waals surface area contributed by atoms with Gasteiger partial charge in [-0.3, -0.25) is 4.68 Å². The maximum Gasteiger partial charge on any atom is 0.0537 e. The summed E-state index contributed by atoms with van der Waals surface area (Å²) in [6, 6.07) is 0.945. The molecule has 0 aliphatic carbocycles. The van der Waals surface area contributed by atoms with E-state index < -0.39 is 0 Å². The number of aromatic nitrogens is 2. The van der Waals surface area contributed by atoms with Crippen LogP contribution in [0.3, 0.4) is 0 Å². The quantitative estimate of drug-likeness (QED) is 0.755. The van der Waals surface area contributed by atoms with Crippen LogP contribution in [0.2, 0.25) is 0 Å². The average molecular weight is 280 g/mol. The van der Waals surface area contributed by atoms with Gasteiger partial charge >= 0.3 is 0 Å². The molecule has 4 heteroatoms. The molecule has 1 aromatic rings. The second-order valence-corrected chi connectivity index (χ2v) is 5.87. The molecule has 0 saturated heterocycles. The maximum absolute atomic E-state index is 4.35. The highest BCUT2D eigenvalue weighted by molar-refractivity contribution is 5.09. The molecule has 1 aromatic heterocycles. The van der Waals surface area contributed by atoms with Gasteiger partial charge in [-0.2, -0.15) is 5.10 Å². The van der Waals surface area contributed by atoms with Crippen LogP contribution in [0.15, 0.2) is 12.4 Å². The molecule has 0 aromatic carbocycles. The molecule has 20 heavy (non-hydrogen) atoms. The third kappa shape index (κ3) is 4.60. The first-order chi connectivity index (χ1) is 9.53. The van der Waals surface area contributed by atoms with Crippen molar-refractivity contribution in [2.45, 2.75) is 59.2 Å². The molecule has 0 amide bonds. The summed E-state index contributed by atoms with van der Waals surface area (Å²) in [5.74, 6) is 0.753. The van der Waals surface area contributed by atoms with Crippen molar-refractivity contribution in [3.63, 3.8) is 0 Å². The van der Waals surface area contributed by atoms with E-state index in [9.17, 15) is 0 Å². The van der Waals surface area contributed by atoms with Crippen molar-refractivity contribution >= 4 is 0 Å². The summed E-state index contributed by atoms with van der Waals surface area (Å²) in [5, 5.41) is 8.02. The number of nitrogens with zero attached hydrogens (tertiary/aromatic N) is 3. The van der Waals surface area contributed by atoms with Crippen LogP contribution in [-0.2, 0) is 6.54 Å². The van der Waals surface area contributed by atoms with Crippen LogP contribution in [0.5, 0.6) is 0 Å². The van der Waals surface area contributed by atoms with Crippen LogP contribution in [0.25, 0.3) is 0 Å². The van der Waals surface area contributed by atoms with E-state index in [1.54, 1.807) is 0 Å². The Bertz CT molecular complexity index is 368. The molecule has 116 valence electrons. The summed E-state index contributed by atoms with van der Waals surface area (Å²) in [5.41, 5.74) is 1.27. The van der Waals surface area contributed by atoms with Crippen LogP contribution in [-0.4, -0.2) is 41.4 Å². The van der Waals surface area contributed by atoms with E-state index in [2.05, 4.69) is 63.3 Å². The predicted molar refractivity (Wildman–Crippen MR) is 85.9 cm³/mol. The maximum atomic E-state index is 4.35. The third-order valence-electron chi connectivity index (χ3n) is 4.37. The van der Waals surface area contributed by atoms with Crippen molar-refractivity contribution in [1.82, 2.24) is 20.0 Å². The molecule has 0 radical (unpaired) electrons. The average Bonchev–Trinajstić information content (AvgIpc) is 2.91. The monoisotopic (exact) mass is 280 g/mol. The van der Waals surface area contributed by atoms with Crippen LogP contribution >= 0.6 is 0 Å². The molecular formula is C16H32N4. The van der Waals surface area contributed by atoms with Crippen molar-refractivity contribution in [3.05, 3.63) is 18.0 Å². The van der Waals surface area contributed by atoms with Gasteiger partial charge < -0.3 is 10.2 Å². The Hall–Kier alpha value is -0.870. The van der Waals surface area contributed by atoms with E-state index >= 15 is 0 Å². The van der Waals surface area contributed by atoms with Gasteiger partial charge in [0.2, 0.25) is 0 Å². The normalized spacial score (nSPS) is 15.0. The lowest BCUT2D eigenvalue weighted by Gasteiger charge is -2.32. The molecule has 0 bridgehead atoms. The third-order valence-corrected chi connectivity index (χ3v) is 4.37. The van der Waals surface area contributed by atoms with Gasteiger partial charge in [0.15, 0.2) is 0 Å². The number of aryl methyl sites for hydroxylation is 1. The number of likely N-dealkylation sites (N-methyl/N-ethyl adjacent to an activating group) is 1. The second-order valence-electron chi connectivity index (χ2n) is 5.87. The summed E-state index contributed by atoms with van der Waals surface area (Å²) in [6.45, 7) is 10.9. The van der Waals surface area contributed by atoms with E-state index in [0.29, 0.717) is 12.1 Å². The fraction of sp³-hybridized carbons (Fsp3) is 0.812. The summed E-state index contributed by atoms with van der Waals surface area (Å²) in [4.78, 5) is 2.35. The van der Waals surface area contributed by atoms with Crippen LogP contribution in [0, 0.1) is 5.92 Å². The molecule has 2 atom stereocenters. The summed E-state index contributed by atoms with van der Waals surface area (Å²) >= 11 is 0. The zero-order valence-corrected chi connectivity index (χ0v) is 14.1. The van der Waals surface area contributed by atoms with Gasteiger partial charge in [0, 0.05) is 36.9 Å². The highest BCUT2D eigenvalue weighted by Crippen LogP contribution is 2.18. The molecule has 4 nitrogen and oxygen atoms in total. The molecule has 2 unspecified atom stereocenters. The molecule has 0 fully saturated rings. The lowest BCUT2D eigenvalue weighted by atomic mass is 9.93. The van der Waals surface area contributed by atoms with E-state index in [1.165, 1.54) is 18.4 Å².